The molecule has 5 nitrogen and oxygen atoms in total. The van der Waals surface area contributed by atoms with E-state index in [4.69, 9.17) is 9.47 Å². The van der Waals surface area contributed by atoms with Crippen LogP contribution in [0.2, 0.25) is 0 Å². The summed E-state index contributed by atoms with van der Waals surface area (Å²) in [5.74, 6) is 0.479. The lowest BCUT2D eigenvalue weighted by atomic mass is 9.47. The van der Waals surface area contributed by atoms with Gasteiger partial charge in [-0.05, 0) is 54.8 Å². The molecule has 5 heteroatoms. The molecule has 0 unspecified atom stereocenters. The van der Waals surface area contributed by atoms with Crippen molar-refractivity contribution < 1.29 is 19.1 Å². The number of hydrogen-bond donors (Lipinski definition) is 1. The standard InChI is InChI=1S/C23H35NO4/c1-15-7-10-19-22(2,3)11-6-12-23(19,4)17(15)9-8-16-18(13-28-21(16)26)24-20(25)14-27-5/h8,17-19H,1,6-7,9-14H2,2-5H3,(H,24,25)/b16-8+/t17-,18-,19-,23+/m1/s1. The minimum absolute atomic E-state index is 0.0216. The molecule has 3 rings (SSSR count). The number of rotatable bonds is 5. The minimum atomic E-state index is -0.390. The van der Waals surface area contributed by atoms with Crippen LogP contribution in [0.3, 0.4) is 0 Å². The SMILES string of the molecule is C=C1CC[C@@H]2C(C)(C)CCC[C@@]2(C)[C@@H]1C/C=C1/C(=O)OC[C@H]1NC(=O)COC. The van der Waals surface area contributed by atoms with Gasteiger partial charge < -0.3 is 14.8 Å². The van der Waals surface area contributed by atoms with E-state index in [2.05, 4.69) is 32.7 Å². The predicted molar refractivity (Wildman–Crippen MR) is 109 cm³/mol. The van der Waals surface area contributed by atoms with Gasteiger partial charge in [-0.3, -0.25) is 4.79 Å². The van der Waals surface area contributed by atoms with E-state index in [9.17, 15) is 9.59 Å². The largest absolute Gasteiger partial charge is 0.460 e. The minimum Gasteiger partial charge on any atom is -0.460 e. The van der Waals surface area contributed by atoms with Gasteiger partial charge in [0.25, 0.3) is 0 Å². The fourth-order valence-electron chi connectivity index (χ4n) is 6.14. The Labute approximate surface area is 168 Å². The maximum Gasteiger partial charge on any atom is 0.336 e. The van der Waals surface area contributed by atoms with Crippen LogP contribution >= 0.6 is 0 Å². The first-order chi connectivity index (χ1) is 13.2. The zero-order valence-corrected chi connectivity index (χ0v) is 17.8. The van der Waals surface area contributed by atoms with Crippen molar-refractivity contribution in [1.82, 2.24) is 5.32 Å². The Kier molecular flexibility index (Phi) is 6.04. The van der Waals surface area contributed by atoms with Crippen molar-refractivity contribution in [2.24, 2.45) is 22.7 Å². The van der Waals surface area contributed by atoms with Crippen molar-refractivity contribution in [3.05, 3.63) is 23.8 Å². The first-order valence-corrected chi connectivity index (χ1v) is 10.5. The summed E-state index contributed by atoms with van der Waals surface area (Å²) in [5, 5.41) is 2.84. The Morgan fingerprint density at radius 3 is 2.82 bits per heavy atom. The maximum atomic E-state index is 12.2. The molecule has 1 saturated heterocycles. The van der Waals surface area contributed by atoms with Gasteiger partial charge in [-0.2, -0.15) is 0 Å². The number of nitrogens with one attached hydrogen (secondary N) is 1. The van der Waals surface area contributed by atoms with Gasteiger partial charge in [0.15, 0.2) is 0 Å². The highest BCUT2D eigenvalue weighted by atomic mass is 16.5. The number of esters is 1. The highest BCUT2D eigenvalue weighted by Crippen LogP contribution is 2.61. The summed E-state index contributed by atoms with van der Waals surface area (Å²) in [6, 6.07) is -0.390. The number of allylic oxidation sites excluding steroid dienone is 2. The van der Waals surface area contributed by atoms with E-state index in [1.807, 2.05) is 6.08 Å². The monoisotopic (exact) mass is 389 g/mol. The van der Waals surface area contributed by atoms with Crippen LogP contribution in [0, 0.1) is 22.7 Å². The molecular weight excluding hydrogens is 354 g/mol. The number of hydrogen-bond acceptors (Lipinski definition) is 4. The van der Waals surface area contributed by atoms with E-state index >= 15 is 0 Å². The van der Waals surface area contributed by atoms with Crippen molar-refractivity contribution in [1.29, 1.82) is 0 Å². The van der Waals surface area contributed by atoms with Gasteiger partial charge in [0, 0.05) is 7.11 Å². The average molecular weight is 390 g/mol. The lowest BCUT2D eigenvalue weighted by Gasteiger charge is -2.58. The van der Waals surface area contributed by atoms with Crippen LogP contribution in [0.4, 0.5) is 0 Å². The number of ether oxygens (including phenoxy) is 2. The van der Waals surface area contributed by atoms with Crippen LogP contribution in [0.25, 0.3) is 0 Å². The van der Waals surface area contributed by atoms with Crippen molar-refractivity contribution in [2.45, 2.75) is 65.3 Å². The Morgan fingerprint density at radius 1 is 1.36 bits per heavy atom. The number of carbonyl (C=O) groups excluding carboxylic acids is 2. The van der Waals surface area contributed by atoms with E-state index in [0.29, 0.717) is 22.8 Å². The third-order valence-electron chi connectivity index (χ3n) is 7.50. The molecule has 28 heavy (non-hydrogen) atoms. The third-order valence-corrected chi connectivity index (χ3v) is 7.50. The number of carbonyl (C=O) groups is 2. The summed E-state index contributed by atoms with van der Waals surface area (Å²) >= 11 is 0. The van der Waals surface area contributed by atoms with Crippen molar-refractivity contribution in [2.75, 3.05) is 20.3 Å². The molecule has 156 valence electrons. The second kappa shape index (κ2) is 8.02. The van der Waals surface area contributed by atoms with Gasteiger partial charge in [-0.1, -0.05) is 45.4 Å². The van der Waals surface area contributed by atoms with E-state index in [1.165, 1.54) is 38.4 Å². The zero-order chi connectivity index (χ0) is 20.5. The molecule has 4 atom stereocenters. The summed E-state index contributed by atoms with van der Waals surface area (Å²) in [6.45, 7) is 11.8. The molecule has 1 amide bonds. The number of fused-ring (bicyclic) bond motifs is 1. The summed E-state index contributed by atoms with van der Waals surface area (Å²) in [7, 11) is 1.48. The van der Waals surface area contributed by atoms with Crippen molar-refractivity contribution >= 4 is 11.9 Å². The van der Waals surface area contributed by atoms with E-state index < -0.39 is 6.04 Å². The molecule has 2 saturated carbocycles. The van der Waals surface area contributed by atoms with Crippen LogP contribution in [-0.4, -0.2) is 38.2 Å². The summed E-state index contributed by atoms with van der Waals surface area (Å²) in [5.41, 5.74) is 2.44. The molecule has 0 aromatic heterocycles. The molecule has 1 N–H and O–H groups in total. The average Bonchev–Trinajstić information content (AvgIpc) is 2.93. The van der Waals surface area contributed by atoms with Crippen molar-refractivity contribution in [3.8, 4) is 0 Å². The van der Waals surface area contributed by atoms with Crippen molar-refractivity contribution in [3.63, 3.8) is 0 Å². The van der Waals surface area contributed by atoms with Crippen LogP contribution in [0.1, 0.15) is 59.3 Å². The van der Waals surface area contributed by atoms with Gasteiger partial charge in [-0.25, -0.2) is 4.79 Å². The lowest BCUT2D eigenvalue weighted by molar-refractivity contribution is -0.135. The molecule has 0 radical (unpaired) electrons. The van der Waals surface area contributed by atoms with Gasteiger partial charge in [0.05, 0.1) is 11.6 Å². The van der Waals surface area contributed by atoms with Crippen LogP contribution in [0.5, 0.6) is 0 Å². The first-order valence-electron chi connectivity index (χ1n) is 10.5. The molecule has 0 bridgehead atoms. The zero-order valence-electron chi connectivity index (χ0n) is 17.8. The van der Waals surface area contributed by atoms with Gasteiger partial charge in [0.2, 0.25) is 5.91 Å². The molecule has 3 fully saturated rings. The Balaban J connectivity index is 1.79. The molecule has 1 heterocycles. The Bertz CT molecular complexity index is 680. The van der Waals surface area contributed by atoms with Crippen LogP contribution in [-0.2, 0) is 19.1 Å². The molecule has 0 aromatic carbocycles. The predicted octanol–water partition coefficient (Wildman–Crippen LogP) is 3.79. The number of methoxy groups -OCH3 is 1. The lowest BCUT2D eigenvalue weighted by Crippen LogP contribution is -2.49. The van der Waals surface area contributed by atoms with E-state index in [0.717, 1.165) is 12.8 Å². The fraction of sp³-hybridized carbons (Fsp3) is 0.739. The van der Waals surface area contributed by atoms with Gasteiger partial charge >= 0.3 is 5.97 Å². The smallest absolute Gasteiger partial charge is 0.336 e. The van der Waals surface area contributed by atoms with Crippen LogP contribution < -0.4 is 5.32 Å². The van der Waals surface area contributed by atoms with E-state index in [-0.39, 0.29) is 30.5 Å². The van der Waals surface area contributed by atoms with Gasteiger partial charge in [-0.15, -0.1) is 0 Å². The second-order valence-corrected chi connectivity index (χ2v) is 9.70. The van der Waals surface area contributed by atoms with Crippen LogP contribution in [0.15, 0.2) is 23.8 Å². The summed E-state index contributed by atoms with van der Waals surface area (Å²) in [6.07, 6.45) is 8.81. The Hall–Kier alpha value is -1.62. The first kappa shape index (κ1) is 21.1. The molecule has 0 spiro atoms. The third kappa shape index (κ3) is 3.91. The molecular formula is C23H35NO4. The molecule has 2 aliphatic carbocycles. The highest BCUT2D eigenvalue weighted by molar-refractivity contribution is 5.93. The molecule has 0 aromatic rings. The highest BCUT2D eigenvalue weighted by Gasteiger charge is 2.52. The molecule has 3 aliphatic rings. The quantitative estimate of drug-likeness (QED) is 0.441. The fourth-order valence-corrected chi connectivity index (χ4v) is 6.14. The van der Waals surface area contributed by atoms with Gasteiger partial charge in [0.1, 0.15) is 13.2 Å². The normalized spacial score (nSPS) is 36.1. The molecule has 1 aliphatic heterocycles. The summed E-state index contributed by atoms with van der Waals surface area (Å²) in [4.78, 5) is 24.1. The summed E-state index contributed by atoms with van der Waals surface area (Å²) < 4.78 is 10.1. The number of cyclic esters (lactones) is 1. The second-order valence-electron chi connectivity index (χ2n) is 9.70. The van der Waals surface area contributed by atoms with E-state index in [1.54, 1.807) is 0 Å². The number of amides is 1. The topological polar surface area (TPSA) is 64.6 Å². The maximum absolute atomic E-state index is 12.2. The Morgan fingerprint density at radius 2 is 2.11 bits per heavy atom.